The lowest BCUT2D eigenvalue weighted by atomic mass is 10.1. The molecule has 0 saturated carbocycles. The number of ether oxygens (including phenoxy) is 1. The van der Waals surface area contributed by atoms with Crippen LogP contribution in [0.25, 0.3) is 0 Å². The summed E-state index contributed by atoms with van der Waals surface area (Å²) in [6.07, 6.45) is -4.15. The number of aliphatic hydroxyl groups excluding tert-OH is 2. The number of aliphatic hydroxyl groups is 2. The Morgan fingerprint density at radius 1 is 1.65 bits per heavy atom. The first-order valence-corrected chi connectivity index (χ1v) is 5.54. The maximum Gasteiger partial charge on any atom is 0.351 e. The van der Waals surface area contributed by atoms with Crippen LogP contribution < -0.4 is 11.4 Å². The molecule has 2 heterocycles. The van der Waals surface area contributed by atoms with Gasteiger partial charge in [0, 0.05) is 6.20 Å². The van der Waals surface area contributed by atoms with E-state index in [1.807, 2.05) is 0 Å². The standard InChI is InChI=1S/C9H12N4O7/c10-5-1-2-12(9(16)11-5)8-7(20-13(17)18)6(15)4(3-14)19-8/h1-2,4,6-8,14-15H,3H2,(H2,10,11,16)/t4-,6-,7+,8?/m1/s1. The molecule has 1 aliphatic heterocycles. The van der Waals surface area contributed by atoms with Gasteiger partial charge in [-0.25, -0.2) is 4.79 Å². The van der Waals surface area contributed by atoms with Crippen LogP contribution in [0.1, 0.15) is 6.23 Å². The SMILES string of the molecule is Nc1ccn(C2O[C@H](CO)[C@@H](O)[C@@H]2O[N+](=O)[O-])c(=O)n1. The second-order valence-corrected chi connectivity index (χ2v) is 4.07. The van der Waals surface area contributed by atoms with Crippen molar-refractivity contribution in [3.8, 4) is 0 Å². The molecule has 1 unspecified atom stereocenters. The van der Waals surface area contributed by atoms with E-state index in [-0.39, 0.29) is 5.82 Å². The molecule has 0 bridgehead atoms. The van der Waals surface area contributed by atoms with E-state index in [0.717, 1.165) is 4.57 Å². The highest BCUT2D eigenvalue weighted by molar-refractivity contribution is 5.23. The van der Waals surface area contributed by atoms with E-state index in [9.17, 15) is 20.0 Å². The third kappa shape index (κ3) is 2.54. The molecule has 1 aromatic heterocycles. The maximum atomic E-state index is 11.7. The zero-order valence-electron chi connectivity index (χ0n) is 10.0. The predicted molar refractivity (Wildman–Crippen MR) is 61.8 cm³/mol. The highest BCUT2D eigenvalue weighted by atomic mass is 17.0. The third-order valence-electron chi connectivity index (χ3n) is 2.83. The fourth-order valence-electron chi connectivity index (χ4n) is 1.93. The van der Waals surface area contributed by atoms with Gasteiger partial charge in [-0.2, -0.15) is 4.98 Å². The first-order chi connectivity index (χ1) is 9.43. The van der Waals surface area contributed by atoms with Crippen LogP contribution in [0, 0.1) is 10.1 Å². The average Bonchev–Trinajstić information content (AvgIpc) is 2.66. The zero-order valence-corrected chi connectivity index (χ0v) is 10.0. The Labute approximate surface area is 111 Å². The minimum Gasteiger partial charge on any atom is -0.394 e. The van der Waals surface area contributed by atoms with Crippen molar-refractivity contribution in [2.75, 3.05) is 12.3 Å². The van der Waals surface area contributed by atoms with Gasteiger partial charge in [0.1, 0.15) is 18.0 Å². The first kappa shape index (κ1) is 14.2. The molecule has 0 amide bonds. The molecule has 20 heavy (non-hydrogen) atoms. The monoisotopic (exact) mass is 288 g/mol. The van der Waals surface area contributed by atoms with Crippen LogP contribution in [0.4, 0.5) is 5.82 Å². The van der Waals surface area contributed by atoms with E-state index < -0.39 is 41.9 Å². The van der Waals surface area contributed by atoms with Gasteiger partial charge in [-0.15, -0.1) is 10.1 Å². The van der Waals surface area contributed by atoms with E-state index in [1.165, 1.54) is 12.3 Å². The second-order valence-electron chi connectivity index (χ2n) is 4.07. The average molecular weight is 288 g/mol. The lowest BCUT2D eigenvalue weighted by Crippen LogP contribution is -2.39. The highest BCUT2D eigenvalue weighted by Crippen LogP contribution is 2.30. The topological polar surface area (TPSA) is 163 Å². The van der Waals surface area contributed by atoms with Gasteiger partial charge in [0.15, 0.2) is 12.3 Å². The Morgan fingerprint density at radius 2 is 2.35 bits per heavy atom. The summed E-state index contributed by atoms with van der Waals surface area (Å²) >= 11 is 0. The largest absolute Gasteiger partial charge is 0.394 e. The van der Waals surface area contributed by atoms with Gasteiger partial charge in [0.05, 0.1) is 6.61 Å². The number of anilines is 1. The van der Waals surface area contributed by atoms with E-state index in [0.29, 0.717) is 0 Å². The molecule has 1 fully saturated rings. The minimum atomic E-state index is -1.47. The van der Waals surface area contributed by atoms with Crippen molar-refractivity contribution in [2.45, 2.75) is 24.5 Å². The van der Waals surface area contributed by atoms with E-state index in [4.69, 9.17) is 15.6 Å². The van der Waals surface area contributed by atoms with Gasteiger partial charge < -0.3 is 25.5 Å². The van der Waals surface area contributed by atoms with Crippen LogP contribution in [0.2, 0.25) is 0 Å². The third-order valence-corrected chi connectivity index (χ3v) is 2.83. The quantitative estimate of drug-likeness (QED) is 0.406. The van der Waals surface area contributed by atoms with Crippen molar-refractivity contribution in [1.82, 2.24) is 9.55 Å². The number of nitrogens with two attached hydrogens (primary N) is 1. The Balaban J connectivity index is 2.36. The van der Waals surface area contributed by atoms with Gasteiger partial charge in [-0.1, -0.05) is 0 Å². The lowest BCUT2D eigenvalue weighted by Gasteiger charge is -2.19. The van der Waals surface area contributed by atoms with Crippen LogP contribution in [-0.2, 0) is 9.57 Å². The lowest BCUT2D eigenvalue weighted by molar-refractivity contribution is -0.772. The number of hydrogen-bond acceptors (Lipinski definition) is 9. The van der Waals surface area contributed by atoms with Crippen LogP contribution >= 0.6 is 0 Å². The molecule has 1 aliphatic rings. The molecule has 4 N–H and O–H groups in total. The molecular formula is C9H12N4O7. The number of aromatic nitrogens is 2. The highest BCUT2D eigenvalue weighted by Gasteiger charge is 2.47. The first-order valence-electron chi connectivity index (χ1n) is 5.54. The van der Waals surface area contributed by atoms with Crippen molar-refractivity contribution < 1.29 is 24.9 Å². The molecule has 4 atom stereocenters. The molecule has 110 valence electrons. The summed E-state index contributed by atoms with van der Waals surface area (Å²) in [5.74, 6) is -0.0322. The molecule has 0 aliphatic carbocycles. The van der Waals surface area contributed by atoms with Gasteiger partial charge in [-0.3, -0.25) is 4.57 Å². The molecule has 1 saturated heterocycles. The Morgan fingerprint density at radius 3 is 2.90 bits per heavy atom. The molecule has 11 heteroatoms. The summed E-state index contributed by atoms with van der Waals surface area (Å²) in [7, 11) is 0. The van der Waals surface area contributed by atoms with Gasteiger partial charge in [0.25, 0.3) is 5.09 Å². The van der Waals surface area contributed by atoms with Crippen molar-refractivity contribution in [3.63, 3.8) is 0 Å². The summed E-state index contributed by atoms with van der Waals surface area (Å²) in [6, 6.07) is 1.28. The van der Waals surface area contributed by atoms with Gasteiger partial charge in [-0.05, 0) is 6.07 Å². The van der Waals surface area contributed by atoms with Crippen molar-refractivity contribution >= 4 is 5.82 Å². The van der Waals surface area contributed by atoms with E-state index in [1.54, 1.807) is 0 Å². The number of nitrogen functional groups attached to an aromatic ring is 1. The Bertz CT molecular complexity index is 561. The number of hydrogen-bond donors (Lipinski definition) is 3. The maximum absolute atomic E-state index is 11.7. The van der Waals surface area contributed by atoms with Crippen LogP contribution in [0.5, 0.6) is 0 Å². The molecular weight excluding hydrogens is 276 g/mol. The summed E-state index contributed by atoms with van der Waals surface area (Å²) in [4.78, 5) is 29.9. The summed E-state index contributed by atoms with van der Waals surface area (Å²) in [6.45, 7) is -0.591. The zero-order chi connectivity index (χ0) is 14.9. The molecule has 0 aromatic carbocycles. The molecule has 11 nitrogen and oxygen atoms in total. The molecule has 0 radical (unpaired) electrons. The molecule has 1 aromatic rings. The molecule has 2 rings (SSSR count). The smallest absolute Gasteiger partial charge is 0.351 e. The second kappa shape index (κ2) is 5.40. The van der Waals surface area contributed by atoms with Crippen molar-refractivity contribution in [1.29, 1.82) is 0 Å². The van der Waals surface area contributed by atoms with Crippen LogP contribution in [0.3, 0.4) is 0 Å². The normalized spacial score (nSPS) is 29.3. The van der Waals surface area contributed by atoms with Gasteiger partial charge in [0.2, 0.25) is 0 Å². The fourth-order valence-corrected chi connectivity index (χ4v) is 1.93. The summed E-state index contributed by atoms with van der Waals surface area (Å²) in [5.41, 5.74) is 4.51. The van der Waals surface area contributed by atoms with Crippen LogP contribution in [-0.4, -0.2) is 49.8 Å². The van der Waals surface area contributed by atoms with E-state index >= 15 is 0 Å². The fraction of sp³-hybridized carbons (Fsp3) is 0.556. The summed E-state index contributed by atoms with van der Waals surface area (Å²) in [5, 5.41) is 28.2. The van der Waals surface area contributed by atoms with Crippen molar-refractivity contribution in [2.24, 2.45) is 0 Å². The van der Waals surface area contributed by atoms with Gasteiger partial charge >= 0.3 is 5.69 Å². The Hall–Kier alpha value is -2.24. The minimum absolute atomic E-state index is 0.0322. The number of rotatable bonds is 4. The number of nitrogens with zero attached hydrogens (tertiary/aromatic N) is 3. The molecule has 0 spiro atoms. The summed E-state index contributed by atoms with van der Waals surface area (Å²) < 4.78 is 6.09. The Kier molecular flexibility index (Phi) is 3.83. The van der Waals surface area contributed by atoms with Crippen LogP contribution in [0.15, 0.2) is 17.1 Å². The van der Waals surface area contributed by atoms with Crippen molar-refractivity contribution in [3.05, 3.63) is 32.9 Å². The van der Waals surface area contributed by atoms with E-state index in [2.05, 4.69) is 9.82 Å². The predicted octanol–water partition coefficient (Wildman–Crippen LogP) is -2.35.